The number of carbonyl (C=O) groups is 1. The highest BCUT2D eigenvalue weighted by atomic mass is 16.5. The average molecular weight is 426 g/mol. The lowest BCUT2D eigenvalue weighted by atomic mass is 10.1. The van der Waals surface area contributed by atoms with E-state index in [1.807, 2.05) is 62.4 Å². The van der Waals surface area contributed by atoms with Crippen LogP contribution in [0, 0.1) is 6.92 Å². The molecule has 7 heteroatoms. The summed E-state index contributed by atoms with van der Waals surface area (Å²) in [5.74, 6) is 1.43. The molecule has 1 N–H and O–H groups in total. The van der Waals surface area contributed by atoms with Gasteiger partial charge >= 0.3 is 0 Å². The molecule has 0 unspecified atom stereocenters. The molecule has 1 amide bonds. The molecule has 0 bridgehead atoms. The first-order chi connectivity index (χ1) is 15.6. The number of hydrogen-bond acceptors (Lipinski definition) is 6. The van der Waals surface area contributed by atoms with Crippen molar-refractivity contribution in [2.45, 2.75) is 13.8 Å². The van der Waals surface area contributed by atoms with Crippen LogP contribution in [0.3, 0.4) is 0 Å². The van der Waals surface area contributed by atoms with E-state index in [2.05, 4.69) is 20.5 Å². The molecule has 2 aromatic heterocycles. The number of hydrazone groups is 1. The third kappa shape index (κ3) is 5.07. The molecule has 0 atom stereocenters. The first-order valence-corrected chi connectivity index (χ1v) is 10.2. The van der Waals surface area contributed by atoms with Crippen LogP contribution in [-0.4, -0.2) is 28.7 Å². The van der Waals surface area contributed by atoms with Gasteiger partial charge in [-0.25, -0.2) is 10.4 Å². The number of aryl methyl sites for hydroxylation is 1. The molecule has 32 heavy (non-hydrogen) atoms. The highest BCUT2D eigenvalue weighted by molar-refractivity contribution is 5.95. The number of nitrogens with one attached hydrogen (secondary N) is 1. The Balaban J connectivity index is 1.65. The predicted molar refractivity (Wildman–Crippen MR) is 123 cm³/mol. The zero-order chi connectivity index (χ0) is 22.3. The van der Waals surface area contributed by atoms with Crippen molar-refractivity contribution in [3.05, 3.63) is 89.7 Å². The second-order valence-corrected chi connectivity index (χ2v) is 7.02. The number of aromatic nitrogens is 2. The fourth-order valence-corrected chi connectivity index (χ4v) is 3.02. The van der Waals surface area contributed by atoms with E-state index in [0.717, 1.165) is 22.2 Å². The molecule has 0 saturated carbocycles. The second-order valence-electron chi connectivity index (χ2n) is 7.02. The molecule has 2 heterocycles. The zero-order valence-corrected chi connectivity index (χ0v) is 17.8. The lowest BCUT2D eigenvalue weighted by Gasteiger charge is -2.11. The molecular formula is C25H22N4O3. The molecule has 0 aliphatic rings. The standard InChI is InChI=1S/C25H22N4O3/c1-3-31-22-9-6-19-14-20(16-27-29-24(30)18-10-12-26-13-11-18)25(28-23(19)15-22)32-21-7-4-17(2)5-8-21/h4-16H,3H2,1-2H3,(H,29,30)/b27-16+. The lowest BCUT2D eigenvalue weighted by molar-refractivity contribution is 0.0955. The van der Waals surface area contributed by atoms with Gasteiger partial charge in [-0.05, 0) is 56.3 Å². The SMILES string of the molecule is CCOc1ccc2cc(/C=N/NC(=O)c3ccncc3)c(Oc3ccc(C)cc3)nc2c1. The average Bonchev–Trinajstić information content (AvgIpc) is 2.81. The Bertz CT molecular complexity index is 1260. The maximum Gasteiger partial charge on any atom is 0.271 e. The van der Waals surface area contributed by atoms with Crippen LogP contribution in [0.2, 0.25) is 0 Å². The van der Waals surface area contributed by atoms with Crippen molar-refractivity contribution in [1.29, 1.82) is 0 Å². The van der Waals surface area contributed by atoms with Gasteiger partial charge in [0.2, 0.25) is 5.88 Å². The van der Waals surface area contributed by atoms with E-state index in [0.29, 0.717) is 29.4 Å². The van der Waals surface area contributed by atoms with Gasteiger partial charge in [0.15, 0.2) is 0 Å². The Hall–Kier alpha value is -4.26. The third-order valence-corrected chi connectivity index (χ3v) is 4.64. The highest BCUT2D eigenvalue weighted by Crippen LogP contribution is 2.28. The molecular weight excluding hydrogens is 404 g/mol. The van der Waals surface area contributed by atoms with Crippen molar-refractivity contribution in [2.24, 2.45) is 5.10 Å². The molecule has 2 aromatic carbocycles. The number of benzene rings is 2. The summed E-state index contributed by atoms with van der Waals surface area (Å²) in [5, 5.41) is 4.99. The lowest BCUT2D eigenvalue weighted by Crippen LogP contribution is -2.17. The minimum atomic E-state index is -0.334. The Morgan fingerprint density at radius 3 is 2.53 bits per heavy atom. The molecule has 4 rings (SSSR count). The number of carbonyl (C=O) groups excluding carboxylic acids is 1. The van der Waals surface area contributed by atoms with E-state index < -0.39 is 0 Å². The van der Waals surface area contributed by atoms with E-state index in [1.54, 1.807) is 24.5 Å². The van der Waals surface area contributed by atoms with Gasteiger partial charge in [0, 0.05) is 29.4 Å². The minimum absolute atomic E-state index is 0.334. The molecule has 4 aromatic rings. The van der Waals surface area contributed by atoms with Gasteiger partial charge in [-0.3, -0.25) is 9.78 Å². The Kier molecular flexibility index (Phi) is 6.36. The summed E-state index contributed by atoms with van der Waals surface area (Å²) >= 11 is 0. The first kappa shape index (κ1) is 21.0. The van der Waals surface area contributed by atoms with Gasteiger partial charge < -0.3 is 9.47 Å². The summed E-state index contributed by atoms with van der Waals surface area (Å²) in [7, 11) is 0. The van der Waals surface area contributed by atoms with Gasteiger partial charge in [-0.1, -0.05) is 17.7 Å². The topological polar surface area (TPSA) is 85.7 Å². The molecule has 160 valence electrons. The number of nitrogens with zero attached hydrogens (tertiary/aromatic N) is 3. The molecule has 0 spiro atoms. The smallest absolute Gasteiger partial charge is 0.271 e. The molecule has 0 fully saturated rings. The van der Waals surface area contributed by atoms with E-state index in [-0.39, 0.29) is 5.91 Å². The quantitative estimate of drug-likeness (QED) is 0.336. The Morgan fingerprint density at radius 1 is 1.03 bits per heavy atom. The van der Waals surface area contributed by atoms with Gasteiger partial charge in [-0.15, -0.1) is 0 Å². The summed E-state index contributed by atoms with van der Waals surface area (Å²) in [6.45, 7) is 4.51. The van der Waals surface area contributed by atoms with Crippen molar-refractivity contribution in [3.63, 3.8) is 0 Å². The van der Waals surface area contributed by atoms with Crippen LogP contribution >= 0.6 is 0 Å². The van der Waals surface area contributed by atoms with Crippen molar-refractivity contribution < 1.29 is 14.3 Å². The Morgan fingerprint density at radius 2 is 1.78 bits per heavy atom. The molecule has 7 nitrogen and oxygen atoms in total. The molecule has 0 saturated heterocycles. The molecule has 0 radical (unpaired) electrons. The Labute approximate surface area is 185 Å². The predicted octanol–water partition coefficient (Wildman–Crippen LogP) is 4.89. The number of hydrogen-bond donors (Lipinski definition) is 1. The maximum atomic E-state index is 12.2. The van der Waals surface area contributed by atoms with Gasteiger partial charge in [-0.2, -0.15) is 5.10 Å². The van der Waals surface area contributed by atoms with E-state index in [9.17, 15) is 4.79 Å². The van der Waals surface area contributed by atoms with Gasteiger partial charge in [0.1, 0.15) is 11.5 Å². The number of amides is 1. The van der Waals surface area contributed by atoms with Crippen molar-refractivity contribution in [3.8, 4) is 17.4 Å². The van der Waals surface area contributed by atoms with Crippen LogP contribution in [0.5, 0.6) is 17.4 Å². The first-order valence-electron chi connectivity index (χ1n) is 10.2. The van der Waals surface area contributed by atoms with Crippen LogP contribution in [-0.2, 0) is 0 Å². The van der Waals surface area contributed by atoms with E-state index >= 15 is 0 Å². The third-order valence-electron chi connectivity index (χ3n) is 4.64. The van der Waals surface area contributed by atoms with Crippen LogP contribution in [0.1, 0.15) is 28.4 Å². The second kappa shape index (κ2) is 9.70. The van der Waals surface area contributed by atoms with Crippen molar-refractivity contribution in [2.75, 3.05) is 6.61 Å². The largest absolute Gasteiger partial charge is 0.494 e. The monoisotopic (exact) mass is 426 g/mol. The normalized spacial score (nSPS) is 10.9. The van der Waals surface area contributed by atoms with E-state index in [1.165, 1.54) is 6.21 Å². The summed E-state index contributed by atoms with van der Waals surface area (Å²) in [6.07, 6.45) is 4.62. The molecule has 0 aliphatic heterocycles. The van der Waals surface area contributed by atoms with Crippen LogP contribution in [0.25, 0.3) is 10.9 Å². The highest BCUT2D eigenvalue weighted by Gasteiger charge is 2.10. The zero-order valence-electron chi connectivity index (χ0n) is 17.8. The number of rotatable bonds is 7. The fraction of sp³-hybridized carbons (Fsp3) is 0.120. The van der Waals surface area contributed by atoms with Crippen LogP contribution in [0.15, 0.2) is 78.2 Å². The van der Waals surface area contributed by atoms with Crippen LogP contribution < -0.4 is 14.9 Å². The van der Waals surface area contributed by atoms with Gasteiger partial charge in [0.05, 0.1) is 23.9 Å². The van der Waals surface area contributed by atoms with E-state index in [4.69, 9.17) is 9.47 Å². The van der Waals surface area contributed by atoms with Crippen molar-refractivity contribution >= 4 is 23.0 Å². The number of fused-ring (bicyclic) bond motifs is 1. The molecule has 0 aliphatic carbocycles. The number of pyridine rings is 2. The summed E-state index contributed by atoms with van der Waals surface area (Å²) in [4.78, 5) is 20.8. The number of ether oxygens (including phenoxy) is 2. The summed E-state index contributed by atoms with van der Waals surface area (Å²) < 4.78 is 11.6. The van der Waals surface area contributed by atoms with Gasteiger partial charge in [0.25, 0.3) is 5.91 Å². The van der Waals surface area contributed by atoms with Crippen LogP contribution in [0.4, 0.5) is 0 Å². The summed E-state index contributed by atoms with van der Waals surface area (Å²) in [5.41, 5.74) is 5.47. The minimum Gasteiger partial charge on any atom is -0.494 e. The summed E-state index contributed by atoms with van der Waals surface area (Å²) in [6, 6.07) is 18.5. The van der Waals surface area contributed by atoms with Crippen molar-refractivity contribution in [1.82, 2.24) is 15.4 Å². The fourth-order valence-electron chi connectivity index (χ4n) is 3.02. The maximum absolute atomic E-state index is 12.2.